The van der Waals surface area contributed by atoms with E-state index in [0.29, 0.717) is 11.5 Å². The Morgan fingerprint density at radius 1 is 1.38 bits per heavy atom. The Balaban J connectivity index is 1.96. The van der Waals surface area contributed by atoms with Crippen molar-refractivity contribution in [1.29, 1.82) is 0 Å². The van der Waals surface area contributed by atoms with Gasteiger partial charge in [0.15, 0.2) is 5.71 Å². The molecule has 0 spiro atoms. The Labute approximate surface area is 124 Å². The van der Waals surface area contributed by atoms with Crippen molar-refractivity contribution in [1.82, 2.24) is 9.55 Å². The summed E-state index contributed by atoms with van der Waals surface area (Å²) in [6.07, 6.45) is 0. The molecule has 3 rings (SSSR count). The van der Waals surface area contributed by atoms with Crippen LogP contribution in [0, 0.1) is 0 Å². The molecule has 6 nitrogen and oxygen atoms in total. The molecule has 0 bridgehead atoms. The van der Waals surface area contributed by atoms with Crippen LogP contribution in [0.25, 0.3) is 11.0 Å². The molecule has 0 fully saturated rings. The molecule has 0 atom stereocenters. The van der Waals surface area contributed by atoms with Gasteiger partial charge >= 0.3 is 5.97 Å². The fraction of sp³-hybridized carbons (Fsp3) is 0.0714. The second kappa shape index (κ2) is 5.37. The van der Waals surface area contributed by atoms with Crippen molar-refractivity contribution in [2.24, 2.45) is 12.1 Å². The summed E-state index contributed by atoms with van der Waals surface area (Å²) in [5, 5.41) is 16.8. The summed E-state index contributed by atoms with van der Waals surface area (Å²) in [7, 11) is 1.85. The van der Waals surface area contributed by atoms with E-state index in [2.05, 4.69) is 15.5 Å². The van der Waals surface area contributed by atoms with E-state index < -0.39 is 5.97 Å². The summed E-state index contributed by atoms with van der Waals surface area (Å²) >= 11 is 1.42. The van der Waals surface area contributed by atoms with Gasteiger partial charge in [-0.25, -0.2) is 15.2 Å². The number of hydrogen-bond donors (Lipinski definition) is 2. The van der Waals surface area contributed by atoms with Crippen LogP contribution in [-0.4, -0.2) is 26.3 Å². The molecule has 0 radical (unpaired) electrons. The van der Waals surface area contributed by atoms with Crippen molar-refractivity contribution >= 4 is 40.0 Å². The summed E-state index contributed by atoms with van der Waals surface area (Å²) < 4.78 is 1.83. The van der Waals surface area contributed by atoms with Gasteiger partial charge in [0.1, 0.15) is 0 Å². The van der Waals surface area contributed by atoms with Gasteiger partial charge in [-0.3, -0.25) is 0 Å². The lowest BCUT2D eigenvalue weighted by molar-refractivity contribution is -0.129. The molecule has 0 saturated heterocycles. The molecule has 2 heterocycles. The Kier molecular flexibility index (Phi) is 3.41. The number of carboxylic acid groups (broad SMARTS) is 1. The lowest BCUT2D eigenvalue weighted by Crippen LogP contribution is -2.16. The van der Waals surface area contributed by atoms with Crippen LogP contribution in [0.5, 0.6) is 0 Å². The minimum atomic E-state index is -1.08. The van der Waals surface area contributed by atoms with Crippen LogP contribution in [0.15, 0.2) is 46.2 Å². The Hall–Kier alpha value is -2.67. The molecule has 0 amide bonds. The molecule has 0 unspecified atom stereocenters. The number of carboxylic acids is 1. The predicted octanol–water partition coefficient (Wildman–Crippen LogP) is 2.54. The van der Waals surface area contributed by atoms with E-state index in [4.69, 9.17) is 0 Å². The van der Waals surface area contributed by atoms with E-state index in [9.17, 15) is 9.90 Å². The third-order valence-electron chi connectivity index (χ3n) is 3.05. The second-order valence-electron chi connectivity index (χ2n) is 4.37. The summed E-state index contributed by atoms with van der Waals surface area (Å²) in [6.45, 7) is 0. The van der Waals surface area contributed by atoms with Crippen LogP contribution < -0.4 is 5.43 Å². The number of benzene rings is 1. The zero-order chi connectivity index (χ0) is 14.8. The van der Waals surface area contributed by atoms with Crippen molar-refractivity contribution in [3.05, 3.63) is 46.7 Å². The van der Waals surface area contributed by atoms with Crippen LogP contribution >= 0.6 is 11.3 Å². The fourth-order valence-corrected chi connectivity index (χ4v) is 2.63. The normalized spacial score (nSPS) is 11.8. The number of para-hydroxylation sites is 2. The largest absolute Gasteiger partial charge is 0.476 e. The first kappa shape index (κ1) is 13.3. The third kappa shape index (κ3) is 2.50. The highest BCUT2D eigenvalue weighted by Gasteiger charge is 2.14. The first-order valence-corrected chi connectivity index (χ1v) is 7.12. The lowest BCUT2D eigenvalue weighted by atomic mass is 10.2. The Morgan fingerprint density at radius 3 is 2.86 bits per heavy atom. The fourth-order valence-electron chi connectivity index (χ4n) is 1.99. The van der Waals surface area contributed by atoms with E-state index in [1.54, 1.807) is 11.4 Å². The van der Waals surface area contributed by atoms with Crippen molar-refractivity contribution in [2.45, 2.75) is 0 Å². The second-order valence-corrected chi connectivity index (χ2v) is 5.15. The third-order valence-corrected chi connectivity index (χ3v) is 3.74. The van der Waals surface area contributed by atoms with E-state index >= 15 is 0 Å². The molecule has 2 aromatic heterocycles. The van der Waals surface area contributed by atoms with Crippen molar-refractivity contribution in [3.63, 3.8) is 0 Å². The van der Waals surface area contributed by atoms with E-state index in [1.165, 1.54) is 11.3 Å². The first-order valence-electron chi connectivity index (χ1n) is 6.18. The van der Waals surface area contributed by atoms with Crippen LogP contribution in [-0.2, 0) is 11.8 Å². The van der Waals surface area contributed by atoms with Gasteiger partial charge in [-0.1, -0.05) is 12.1 Å². The topological polar surface area (TPSA) is 79.5 Å². The zero-order valence-electron chi connectivity index (χ0n) is 11.1. The number of fused-ring (bicyclic) bond motifs is 1. The van der Waals surface area contributed by atoms with Gasteiger partial charge in [0, 0.05) is 18.0 Å². The number of hydrogen-bond acceptors (Lipinski definition) is 5. The van der Waals surface area contributed by atoms with Gasteiger partial charge in [-0.15, -0.1) is 0 Å². The number of hydrazone groups is 1. The maximum absolute atomic E-state index is 11.3. The highest BCUT2D eigenvalue weighted by molar-refractivity contribution is 7.08. The van der Waals surface area contributed by atoms with Crippen LogP contribution in [0.4, 0.5) is 5.95 Å². The van der Waals surface area contributed by atoms with Gasteiger partial charge in [0.25, 0.3) is 0 Å². The molecule has 0 aliphatic carbocycles. The molecule has 7 heteroatoms. The molecule has 106 valence electrons. The van der Waals surface area contributed by atoms with Crippen LogP contribution in [0.1, 0.15) is 5.56 Å². The zero-order valence-corrected chi connectivity index (χ0v) is 12.0. The summed E-state index contributed by atoms with van der Waals surface area (Å²) in [5.74, 6) is -0.593. The minimum absolute atomic E-state index is 0.0386. The molecule has 0 saturated carbocycles. The quantitative estimate of drug-likeness (QED) is 0.573. The van der Waals surface area contributed by atoms with Gasteiger partial charge in [0.2, 0.25) is 5.95 Å². The average Bonchev–Trinajstić information content (AvgIpc) is 3.09. The number of carbonyl (C=O) groups is 1. The average molecular weight is 300 g/mol. The highest BCUT2D eigenvalue weighted by Crippen LogP contribution is 2.17. The minimum Gasteiger partial charge on any atom is -0.476 e. The number of aryl methyl sites for hydroxylation is 1. The van der Waals surface area contributed by atoms with Crippen molar-refractivity contribution < 1.29 is 9.90 Å². The highest BCUT2D eigenvalue weighted by atomic mass is 32.1. The summed E-state index contributed by atoms with van der Waals surface area (Å²) in [4.78, 5) is 15.7. The molecular formula is C14H12N4O2S. The maximum atomic E-state index is 11.3. The molecule has 2 N–H and O–H groups in total. The molecule has 0 aliphatic rings. The molecule has 1 aromatic carbocycles. The predicted molar refractivity (Wildman–Crippen MR) is 82.8 cm³/mol. The molecule has 21 heavy (non-hydrogen) atoms. The van der Waals surface area contributed by atoms with Crippen LogP contribution in [0.2, 0.25) is 0 Å². The summed E-state index contributed by atoms with van der Waals surface area (Å²) in [6, 6.07) is 9.37. The Bertz CT molecular complexity index is 821. The lowest BCUT2D eigenvalue weighted by Gasteiger charge is -2.02. The number of thiophene rings is 1. The van der Waals surface area contributed by atoms with Crippen molar-refractivity contribution in [3.8, 4) is 0 Å². The number of rotatable bonds is 4. The molecule has 0 aliphatic heterocycles. The maximum Gasteiger partial charge on any atom is 0.356 e. The van der Waals surface area contributed by atoms with Crippen LogP contribution in [0.3, 0.4) is 0 Å². The number of anilines is 1. The van der Waals surface area contributed by atoms with E-state index in [1.807, 2.05) is 41.3 Å². The Morgan fingerprint density at radius 2 is 2.19 bits per heavy atom. The van der Waals surface area contributed by atoms with Gasteiger partial charge < -0.3 is 9.67 Å². The number of aliphatic carboxylic acids is 1. The number of aromatic nitrogens is 2. The standard InChI is InChI=1S/C14H12N4O2S/c1-18-11-5-3-2-4-10(11)15-14(18)17-16-12(13(19)20)9-6-7-21-8-9/h2-8H,1H3,(H,15,17)(H,19,20)/b16-12-. The SMILES string of the molecule is Cn1c(N/N=C(\C(=O)O)c2ccsc2)nc2ccccc21. The monoisotopic (exact) mass is 300 g/mol. The first-order chi connectivity index (χ1) is 10.2. The molecule has 3 aromatic rings. The number of nitrogens with zero attached hydrogens (tertiary/aromatic N) is 3. The smallest absolute Gasteiger partial charge is 0.356 e. The number of imidazole rings is 1. The van der Waals surface area contributed by atoms with Gasteiger partial charge in [-0.2, -0.15) is 16.4 Å². The van der Waals surface area contributed by atoms with Gasteiger partial charge in [0.05, 0.1) is 11.0 Å². The van der Waals surface area contributed by atoms with E-state index in [0.717, 1.165) is 11.0 Å². The van der Waals surface area contributed by atoms with E-state index in [-0.39, 0.29) is 5.71 Å². The van der Waals surface area contributed by atoms with Gasteiger partial charge in [-0.05, 0) is 23.6 Å². The molecular weight excluding hydrogens is 288 g/mol. The summed E-state index contributed by atoms with van der Waals surface area (Å²) in [5.41, 5.74) is 5.04. The van der Waals surface area contributed by atoms with Crippen molar-refractivity contribution in [2.75, 3.05) is 5.43 Å². The number of nitrogens with one attached hydrogen (secondary N) is 1.